The van der Waals surface area contributed by atoms with Gasteiger partial charge >= 0.3 is 0 Å². The summed E-state index contributed by atoms with van der Waals surface area (Å²) >= 11 is 0. The van der Waals surface area contributed by atoms with E-state index >= 15 is 0 Å². The lowest BCUT2D eigenvalue weighted by molar-refractivity contribution is 0.493. The Kier molecular flexibility index (Phi) is 2.61. The molecule has 1 heterocycles. The van der Waals surface area contributed by atoms with Gasteiger partial charge in [-0.15, -0.1) is 0 Å². The van der Waals surface area contributed by atoms with Crippen molar-refractivity contribution >= 4 is 12.9 Å². The minimum Gasteiger partial charge on any atom is -0.439 e. The first kappa shape index (κ1) is 11.0. The van der Waals surface area contributed by atoms with Gasteiger partial charge in [-0.1, -0.05) is 43.5 Å². The van der Waals surface area contributed by atoms with E-state index in [1.807, 2.05) is 24.3 Å². The molecule has 0 spiro atoms. The Morgan fingerprint density at radius 2 is 1.94 bits per heavy atom. The quantitative estimate of drug-likeness (QED) is 0.718. The van der Waals surface area contributed by atoms with Crippen LogP contribution in [0.25, 0.3) is 5.57 Å². The zero-order valence-corrected chi connectivity index (χ0v) is 10.0. The molecule has 1 unspecified atom stereocenters. The van der Waals surface area contributed by atoms with Crippen molar-refractivity contribution in [2.45, 2.75) is 0 Å². The molecule has 1 aromatic rings. The smallest absolute Gasteiger partial charge is 0.274 e. The highest BCUT2D eigenvalue weighted by Gasteiger charge is 2.30. The Labute approximate surface area is 95.4 Å². The molecular formula is C13H13O2P. The van der Waals surface area contributed by atoms with Crippen LogP contribution < -0.4 is 4.52 Å². The minimum absolute atomic E-state index is 0.640. The SMILES string of the molecule is C=CC1=C(C=C)P(C)(=O)Oc2ccccc21. The third-order valence-corrected chi connectivity index (χ3v) is 4.40. The van der Waals surface area contributed by atoms with Gasteiger partial charge in [0.1, 0.15) is 5.75 Å². The van der Waals surface area contributed by atoms with Gasteiger partial charge in [0.2, 0.25) is 0 Å². The number of para-hydroxylation sites is 1. The molecule has 1 atom stereocenters. The molecule has 1 aromatic carbocycles. The van der Waals surface area contributed by atoms with Crippen LogP contribution in [0.3, 0.4) is 0 Å². The molecular weight excluding hydrogens is 219 g/mol. The Morgan fingerprint density at radius 3 is 2.56 bits per heavy atom. The number of hydrogen-bond donors (Lipinski definition) is 0. The topological polar surface area (TPSA) is 26.3 Å². The zero-order valence-electron chi connectivity index (χ0n) is 9.14. The van der Waals surface area contributed by atoms with Crippen molar-refractivity contribution in [2.24, 2.45) is 0 Å². The third-order valence-electron chi connectivity index (χ3n) is 2.56. The minimum atomic E-state index is -2.81. The van der Waals surface area contributed by atoms with Gasteiger partial charge in [-0.2, -0.15) is 0 Å². The number of benzene rings is 1. The first-order valence-electron chi connectivity index (χ1n) is 4.96. The molecule has 0 N–H and O–H groups in total. The first-order valence-corrected chi connectivity index (χ1v) is 7.03. The summed E-state index contributed by atoms with van der Waals surface area (Å²) in [4.78, 5) is 0. The van der Waals surface area contributed by atoms with Gasteiger partial charge in [-0.05, 0) is 11.6 Å². The summed E-state index contributed by atoms with van der Waals surface area (Å²) in [5.41, 5.74) is 1.77. The lowest BCUT2D eigenvalue weighted by Crippen LogP contribution is -2.04. The summed E-state index contributed by atoms with van der Waals surface area (Å²) < 4.78 is 17.9. The van der Waals surface area contributed by atoms with E-state index in [0.717, 1.165) is 11.1 Å². The Morgan fingerprint density at radius 1 is 1.25 bits per heavy atom. The Balaban J connectivity index is 2.79. The standard InChI is InChI=1S/C13H13O2P/c1-4-10-11-8-6-7-9-12(11)15-16(3,14)13(10)5-2/h4-9H,1-2H2,3H3. The van der Waals surface area contributed by atoms with Crippen molar-refractivity contribution < 1.29 is 9.09 Å². The second kappa shape index (κ2) is 3.80. The molecule has 0 saturated carbocycles. The maximum atomic E-state index is 12.3. The zero-order chi connectivity index (χ0) is 11.8. The van der Waals surface area contributed by atoms with Crippen LogP contribution >= 0.6 is 7.37 Å². The van der Waals surface area contributed by atoms with Crippen molar-refractivity contribution in [1.29, 1.82) is 0 Å². The molecule has 0 aliphatic carbocycles. The molecule has 0 radical (unpaired) electrons. The predicted molar refractivity (Wildman–Crippen MR) is 67.9 cm³/mol. The molecule has 0 aromatic heterocycles. The molecule has 0 saturated heterocycles. The van der Waals surface area contributed by atoms with Crippen molar-refractivity contribution in [3.8, 4) is 5.75 Å². The highest BCUT2D eigenvalue weighted by molar-refractivity contribution is 7.63. The third kappa shape index (κ3) is 1.56. The summed E-state index contributed by atoms with van der Waals surface area (Å²) in [5, 5.41) is 0.640. The fourth-order valence-electron chi connectivity index (χ4n) is 1.85. The van der Waals surface area contributed by atoms with Gasteiger partial charge in [-0.3, -0.25) is 4.57 Å². The molecule has 2 rings (SSSR count). The highest BCUT2D eigenvalue weighted by Crippen LogP contribution is 2.59. The van der Waals surface area contributed by atoms with Crippen molar-refractivity contribution in [3.63, 3.8) is 0 Å². The normalized spacial score (nSPS) is 23.3. The molecule has 0 bridgehead atoms. The first-order chi connectivity index (χ1) is 7.60. The molecule has 1 aliphatic rings. The van der Waals surface area contributed by atoms with E-state index < -0.39 is 7.37 Å². The van der Waals surface area contributed by atoms with Crippen LogP contribution in [0.2, 0.25) is 0 Å². The second-order valence-corrected chi connectivity index (χ2v) is 6.00. The van der Waals surface area contributed by atoms with E-state index in [9.17, 15) is 4.57 Å². The molecule has 16 heavy (non-hydrogen) atoms. The van der Waals surface area contributed by atoms with Crippen LogP contribution in [0.4, 0.5) is 0 Å². The van der Waals surface area contributed by atoms with Crippen LogP contribution in [0.15, 0.2) is 54.9 Å². The van der Waals surface area contributed by atoms with Gasteiger partial charge in [0.25, 0.3) is 7.37 Å². The average Bonchev–Trinajstić information content (AvgIpc) is 2.25. The van der Waals surface area contributed by atoms with E-state index in [4.69, 9.17) is 4.52 Å². The number of hydrogen-bond acceptors (Lipinski definition) is 2. The fraction of sp³-hybridized carbons (Fsp3) is 0.0769. The summed E-state index contributed by atoms with van der Waals surface area (Å²) in [7, 11) is -2.81. The van der Waals surface area contributed by atoms with E-state index in [1.54, 1.807) is 18.8 Å². The summed E-state index contributed by atoms with van der Waals surface area (Å²) in [6, 6.07) is 7.51. The fourth-order valence-corrected chi connectivity index (χ4v) is 3.47. The predicted octanol–water partition coefficient (Wildman–Crippen LogP) is 4.07. The average molecular weight is 232 g/mol. The monoisotopic (exact) mass is 232 g/mol. The van der Waals surface area contributed by atoms with Crippen LogP contribution in [-0.4, -0.2) is 6.66 Å². The summed E-state index contributed by atoms with van der Waals surface area (Å²) in [6.07, 6.45) is 3.29. The van der Waals surface area contributed by atoms with E-state index in [1.165, 1.54) is 0 Å². The molecule has 0 fully saturated rings. The maximum Gasteiger partial charge on any atom is 0.274 e. The lowest BCUT2D eigenvalue weighted by Gasteiger charge is -2.26. The number of fused-ring (bicyclic) bond motifs is 1. The molecule has 3 heteroatoms. The summed E-state index contributed by atoms with van der Waals surface area (Å²) in [5.74, 6) is 0.647. The Bertz CT molecular complexity index is 541. The van der Waals surface area contributed by atoms with Crippen molar-refractivity contribution in [2.75, 3.05) is 6.66 Å². The van der Waals surface area contributed by atoms with Gasteiger partial charge < -0.3 is 4.52 Å². The van der Waals surface area contributed by atoms with Crippen molar-refractivity contribution in [1.82, 2.24) is 0 Å². The molecule has 0 amide bonds. The second-order valence-electron chi connectivity index (χ2n) is 3.64. The van der Waals surface area contributed by atoms with Crippen LogP contribution in [0.1, 0.15) is 5.56 Å². The van der Waals surface area contributed by atoms with Gasteiger partial charge in [0, 0.05) is 12.2 Å². The lowest BCUT2D eigenvalue weighted by atomic mass is 10.0. The van der Waals surface area contributed by atoms with Gasteiger partial charge in [0.15, 0.2) is 0 Å². The molecule has 82 valence electrons. The van der Waals surface area contributed by atoms with Crippen LogP contribution in [0.5, 0.6) is 5.75 Å². The number of allylic oxidation sites excluding steroid dienone is 4. The van der Waals surface area contributed by atoms with Crippen molar-refractivity contribution in [3.05, 3.63) is 60.5 Å². The maximum absolute atomic E-state index is 12.3. The van der Waals surface area contributed by atoms with Crippen LogP contribution in [0, 0.1) is 0 Å². The van der Waals surface area contributed by atoms with Crippen LogP contribution in [-0.2, 0) is 4.57 Å². The molecule has 1 aliphatic heterocycles. The highest BCUT2D eigenvalue weighted by atomic mass is 31.2. The molecule has 2 nitrogen and oxygen atoms in total. The van der Waals surface area contributed by atoms with E-state index in [2.05, 4.69) is 13.2 Å². The Hall–Kier alpha value is -1.53. The van der Waals surface area contributed by atoms with E-state index in [-0.39, 0.29) is 0 Å². The van der Waals surface area contributed by atoms with Gasteiger partial charge in [-0.25, -0.2) is 0 Å². The van der Waals surface area contributed by atoms with Gasteiger partial charge in [0.05, 0.1) is 5.31 Å². The number of rotatable bonds is 2. The summed E-state index contributed by atoms with van der Waals surface area (Å²) in [6.45, 7) is 9.06. The largest absolute Gasteiger partial charge is 0.439 e. The van der Waals surface area contributed by atoms with E-state index in [0.29, 0.717) is 11.1 Å².